The van der Waals surface area contributed by atoms with Gasteiger partial charge in [-0.25, -0.2) is 4.90 Å². The maximum Gasteiger partial charge on any atom is 0.292 e. The molecule has 2 fully saturated rings. The molecule has 1 unspecified atom stereocenters. The Hall–Kier alpha value is -3.19. The fraction of sp³-hybridized carbons (Fsp3) is 0.318. The van der Waals surface area contributed by atoms with E-state index in [0.29, 0.717) is 43.2 Å². The number of nitrogens with one attached hydrogen (secondary N) is 1. The second-order valence-electron chi connectivity index (χ2n) is 7.34. The van der Waals surface area contributed by atoms with Crippen LogP contribution in [0.2, 0.25) is 0 Å². The minimum atomic E-state index is -0.390. The molecule has 29 heavy (non-hydrogen) atoms. The summed E-state index contributed by atoms with van der Waals surface area (Å²) in [6.07, 6.45) is 0.201. The molecule has 0 radical (unpaired) electrons. The number of benzene rings is 2. The summed E-state index contributed by atoms with van der Waals surface area (Å²) in [5, 5.41) is 0. The quantitative estimate of drug-likeness (QED) is 0.761. The van der Waals surface area contributed by atoms with Gasteiger partial charge in [0.05, 0.1) is 45.4 Å². The van der Waals surface area contributed by atoms with Gasteiger partial charge in [-0.15, -0.1) is 0 Å². The predicted molar refractivity (Wildman–Crippen MR) is 107 cm³/mol. The van der Waals surface area contributed by atoms with Gasteiger partial charge in [-0.05, 0) is 36.4 Å². The van der Waals surface area contributed by atoms with Crippen molar-refractivity contribution in [2.75, 3.05) is 38.2 Å². The van der Waals surface area contributed by atoms with Crippen LogP contribution in [0.4, 0.5) is 5.69 Å². The van der Waals surface area contributed by atoms with E-state index in [-0.39, 0.29) is 24.1 Å². The minimum absolute atomic E-state index is 0.0123. The molecule has 2 aromatic rings. The van der Waals surface area contributed by atoms with Crippen molar-refractivity contribution in [3.8, 4) is 5.75 Å². The van der Waals surface area contributed by atoms with Gasteiger partial charge >= 0.3 is 0 Å². The highest BCUT2D eigenvalue weighted by atomic mass is 16.5. The third-order valence-corrected chi connectivity index (χ3v) is 5.68. The van der Waals surface area contributed by atoms with Crippen LogP contribution in [0, 0.1) is 0 Å². The topological polar surface area (TPSA) is 71.4 Å². The maximum atomic E-state index is 13.0. The summed E-state index contributed by atoms with van der Waals surface area (Å²) in [7, 11) is 1.57. The first kappa shape index (κ1) is 19.1. The molecule has 0 bridgehead atoms. The molecule has 2 saturated heterocycles. The van der Waals surface area contributed by atoms with Crippen LogP contribution in [-0.4, -0.2) is 62.0 Å². The fourth-order valence-corrected chi connectivity index (χ4v) is 4.06. The lowest BCUT2D eigenvalue weighted by molar-refractivity contribution is -0.918. The number of hydrogen-bond donors (Lipinski definition) is 1. The van der Waals surface area contributed by atoms with Crippen molar-refractivity contribution >= 4 is 23.4 Å². The van der Waals surface area contributed by atoms with E-state index in [1.807, 2.05) is 35.2 Å². The number of carbonyl (C=O) groups is 3. The van der Waals surface area contributed by atoms with Crippen LogP contribution in [-0.2, 0) is 9.59 Å². The highest BCUT2D eigenvalue weighted by molar-refractivity contribution is 6.21. The largest absolute Gasteiger partial charge is 0.497 e. The molecule has 0 aromatic heterocycles. The van der Waals surface area contributed by atoms with Crippen LogP contribution in [0.25, 0.3) is 0 Å². The van der Waals surface area contributed by atoms with Crippen molar-refractivity contribution in [3.05, 3.63) is 60.2 Å². The Morgan fingerprint density at radius 1 is 1.00 bits per heavy atom. The average molecular weight is 394 g/mol. The lowest BCUT2D eigenvalue weighted by Gasteiger charge is -2.34. The molecule has 7 nitrogen and oxygen atoms in total. The molecule has 150 valence electrons. The summed E-state index contributed by atoms with van der Waals surface area (Å²) in [5.41, 5.74) is 1.24. The third-order valence-electron chi connectivity index (χ3n) is 5.68. The molecular weight excluding hydrogens is 370 g/mol. The van der Waals surface area contributed by atoms with Gasteiger partial charge in [0, 0.05) is 5.56 Å². The van der Waals surface area contributed by atoms with E-state index in [4.69, 9.17) is 4.74 Å². The second-order valence-corrected chi connectivity index (χ2v) is 7.34. The number of carbonyl (C=O) groups excluding carboxylic acids is 3. The number of ether oxygens (including phenoxy) is 1. The van der Waals surface area contributed by atoms with E-state index >= 15 is 0 Å². The fourth-order valence-electron chi connectivity index (χ4n) is 4.06. The molecule has 2 heterocycles. The van der Waals surface area contributed by atoms with Crippen LogP contribution in [0.1, 0.15) is 16.8 Å². The molecule has 7 heteroatoms. The highest BCUT2D eigenvalue weighted by Gasteiger charge is 2.46. The summed E-state index contributed by atoms with van der Waals surface area (Å²) in [6.45, 7) is 2.45. The molecule has 1 atom stereocenters. The first-order chi connectivity index (χ1) is 14.1. The first-order valence-electron chi connectivity index (χ1n) is 9.78. The summed E-state index contributed by atoms with van der Waals surface area (Å²) in [4.78, 5) is 42.3. The van der Waals surface area contributed by atoms with Crippen molar-refractivity contribution in [1.82, 2.24) is 4.90 Å². The zero-order chi connectivity index (χ0) is 20.4. The van der Waals surface area contributed by atoms with E-state index in [9.17, 15) is 14.4 Å². The number of rotatable bonds is 4. The van der Waals surface area contributed by atoms with Crippen LogP contribution < -0.4 is 14.5 Å². The van der Waals surface area contributed by atoms with Crippen LogP contribution in [0.5, 0.6) is 5.75 Å². The van der Waals surface area contributed by atoms with Crippen LogP contribution in [0.15, 0.2) is 54.6 Å². The number of nitrogens with zero attached hydrogens (tertiary/aromatic N) is 2. The summed E-state index contributed by atoms with van der Waals surface area (Å²) >= 11 is 0. The molecule has 0 aliphatic carbocycles. The maximum absolute atomic E-state index is 13.0. The summed E-state index contributed by atoms with van der Waals surface area (Å²) < 4.78 is 5.14. The van der Waals surface area contributed by atoms with E-state index in [1.54, 1.807) is 31.4 Å². The van der Waals surface area contributed by atoms with Crippen molar-refractivity contribution in [1.29, 1.82) is 0 Å². The van der Waals surface area contributed by atoms with Gasteiger partial charge in [-0.2, -0.15) is 0 Å². The van der Waals surface area contributed by atoms with Crippen LogP contribution in [0.3, 0.4) is 0 Å². The van der Waals surface area contributed by atoms with Crippen molar-refractivity contribution < 1.29 is 24.0 Å². The molecule has 1 N–H and O–H groups in total. The van der Waals surface area contributed by atoms with Gasteiger partial charge in [0.25, 0.3) is 11.8 Å². The number of hydrogen-bond acceptors (Lipinski definition) is 4. The van der Waals surface area contributed by atoms with Gasteiger partial charge in [0.1, 0.15) is 5.75 Å². The standard InChI is InChI=1S/C22H23N3O4/c1-29-18-9-7-17(8-10-18)25-20(26)15-19(22(25)28)23-11-13-24(14-12-23)21(27)16-5-3-2-4-6-16/h2-10,19H,11-15H2,1H3/p+1. The van der Waals surface area contributed by atoms with E-state index in [1.165, 1.54) is 4.90 Å². The van der Waals surface area contributed by atoms with E-state index in [2.05, 4.69) is 0 Å². The van der Waals surface area contributed by atoms with Crippen LogP contribution >= 0.6 is 0 Å². The van der Waals surface area contributed by atoms with Gasteiger partial charge in [-0.1, -0.05) is 18.2 Å². The number of imide groups is 1. The predicted octanol–water partition coefficient (Wildman–Crippen LogP) is 0.368. The molecule has 2 aliphatic rings. The Bertz CT molecular complexity index is 905. The Labute approximate surface area is 169 Å². The molecule has 0 spiro atoms. The normalized spacial score (nSPS) is 20.2. The van der Waals surface area contributed by atoms with Crippen molar-refractivity contribution in [2.24, 2.45) is 0 Å². The van der Waals surface area contributed by atoms with Gasteiger partial charge in [0.15, 0.2) is 6.04 Å². The number of methoxy groups -OCH3 is 1. The minimum Gasteiger partial charge on any atom is -0.497 e. The lowest BCUT2D eigenvalue weighted by Crippen LogP contribution is -3.19. The molecule has 3 amide bonds. The van der Waals surface area contributed by atoms with Crippen molar-refractivity contribution in [3.63, 3.8) is 0 Å². The highest BCUT2D eigenvalue weighted by Crippen LogP contribution is 2.24. The SMILES string of the molecule is COc1ccc(N2C(=O)CC([NH+]3CCN(C(=O)c4ccccc4)CC3)C2=O)cc1. The van der Waals surface area contributed by atoms with Gasteiger partial charge in [0.2, 0.25) is 5.91 Å². The number of amides is 3. The smallest absolute Gasteiger partial charge is 0.292 e. The first-order valence-corrected chi connectivity index (χ1v) is 9.78. The third kappa shape index (κ3) is 3.73. The second kappa shape index (κ2) is 8.05. The van der Waals surface area contributed by atoms with E-state index in [0.717, 1.165) is 4.90 Å². The molecular formula is C22H24N3O4+. The number of quaternary nitrogens is 1. The zero-order valence-corrected chi connectivity index (χ0v) is 16.3. The molecule has 0 saturated carbocycles. The Morgan fingerprint density at radius 3 is 2.28 bits per heavy atom. The molecule has 2 aromatic carbocycles. The number of anilines is 1. The molecule has 2 aliphatic heterocycles. The Morgan fingerprint density at radius 2 is 1.66 bits per heavy atom. The number of piperazine rings is 1. The molecule has 4 rings (SSSR count). The van der Waals surface area contributed by atoms with Crippen molar-refractivity contribution in [2.45, 2.75) is 12.5 Å². The summed E-state index contributed by atoms with van der Waals surface area (Å²) in [5.74, 6) is 0.339. The monoisotopic (exact) mass is 394 g/mol. The summed E-state index contributed by atoms with van der Waals surface area (Å²) in [6, 6.07) is 15.8. The zero-order valence-electron chi connectivity index (χ0n) is 16.3. The lowest BCUT2D eigenvalue weighted by atomic mass is 10.1. The Kier molecular flexibility index (Phi) is 5.31. The average Bonchev–Trinajstić information content (AvgIpc) is 3.08. The van der Waals surface area contributed by atoms with E-state index < -0.39 is 6.04 Å². The van der Waals surface area contributed by atoms with Gasteiger partial charge in [-0.3, -0.25) is 14.4 Å². The Balaban J connectivity index is 1.40. The van der Waals surface area contributed by atoms with Gasteiger partial charge < -0.3 is 14.5 Å².